The van der Waals surface area contributed by atoms with Gasteiger partial charge in [-0.1, -0.05) is 121 Å². The molecule has 0 saturated heterocycles. The van der Waals surface area contributed by atoms with Crippen molar-refractivity contribution in [1.82, 2.24) is 0 Å². The van der Waals surface area contributed by atoms with Gasteiger partial charge in [-0.05, 0) is 131 Å². The summed E-state index contributed by atoms with van der Waals surface area (Å²) in [5, 5.41) is 26.1. The molecule has 0 unspecified atom stereocenters. The Labute approximate surface area is 360 Å². The predicted octanol–water partition coefficient (Wildman–Crippen LogP) is 14.1. The van der Waals surface area contributed by atoms with E-state index in [0.717, 1.165) is 88.7 Å². The first-order valence-corrected chi connectivity index (χ1v) is 20.3. The normalized spacial score (nSPS) is 10.6. The third kappa shape index (κ3) is 6.98. The summed E-state index contributed by atoms with van der Waals surface area (Å²) in [7, 11) is 0. The summed E-state index contributed by atoms with van der Waals surface area (Å²) >= 11 is 0. The SMILES string of the molecule is N#Cc1cc(C#Cc2ccc(N(c3ccccc3)c3ccccc3)cc2)c2ccc3c(C#N)cc(C#Cc4ccc(N(c5ccccc5)c5ccccc5)cc4)c4ccc1c2c34. The molecule has 0 aliphatic carbocycles. The van der Waals surface area contributed by atoms with Gasteiger partial charge in [0.15, 0.2) is 0 Å². The Morgan fingerprint density at radius 3 is 0.839 bits per heavy atom. The molecule has 0 spiro atoms. The van der Waals surface area contributed by atoms with Crippen molar-refractivity contribution in [3.63, 3.8) is 0 Å². The molecule has 4 nitrogen and oxygen atoms in total. The van der Waals surface area contributed by atoms with Crippen LogP contribution in [0.4, 0.5) is 34.1 Å². The van der Waals surface area contributed by atoms with Crippen molar-refractivity contribution in [1.29, 1.82) is 10.5 Å². The molecule has 0 aliphatic heterocycles. The minimum atomic E-state index is 0.531. The number of rotatable bonds is 6. The second-order valence-corrected chi connectivity index (χ2v) is 14.8. The fraction of sp³-hybridized carbons (Fsp3) is 0. The standard InChI is InChI=1S/C58H34N4/c59-39-45-37-43(27-21-41-23-29-51(30-24-41)61(47-13-5-1-6-14-47)48-15-7-2-8-16-48)53-33-35-56-46(40-60)38-44(54-34-36-55(45)57(53)58(54)56)28-22-42-25-31-52(32-26-42)62(49-17-9-3-10-18-49)50-19-11-4-12-20-50/h1-20,23-26,29-38H. The van der Waals surface area contributed by atoms with Gasteiger partial charge in [0.2, 0.25) is 0 Å². The van der Waals surface area contributed by atoms with E-state index in [4.69, 9.17) is 0 Å². The average Bonchev–Trinajstić information content (AvgIpc) is 3.34. The van der Waals surface area contributed by atoms with Gasteiger partial charge < -0.3 is 9.80 Å². The van der Waals surface area contributed by atoms with E-state index in [1.807, 2.05) is 133 Å². The topological polar surface area (TPSA) is 54.1 Å². The van der Waals surface area contributed by atoms with Gasteiger partial charge in [-0.2, -0.15) is 10.5 Å². The molecule has 0 atom stereocenters. The van der Waals surface area contributed by atoms with Crippen LogP contribution in [-0.2, 0) is 0 Å². The Bertz CT molecular complexity index is 3140. The van der Waals surface area contributed by atoms with E-state index in [0.29, 0.717) is 11.1 Å². The van der Waals surface area contributed by atoms with Crippen molar-refractivity contribution in [2.24, 2.45) is 0 Å². The van der Waals surface area contributed by atoms with E-state index >= 15 is 0 Å². The highest BCUT2D eigenvalue weighted by Crippen LogP contribution is 2.41. The summed E-state index contributed by atoms with van der Waals surface area (Å²) in [4.78, 5) is 4.43. The number of para-hydroxylation sites is 4. The van der Waals surface area contributed by atoms with Crippen LogP contribution in [0.3, 0.4) is 0 Å². The van der Waals surface area contributed by atoms with Crippen LogP contribution in [0.25, 0.3) is 32.3 Å². The molecule has 10 aromatic rings. The van der Waals surface area contributed by atoms with Crippen molar-refractivity contribution >= 4 is 66.4 Å². The molecule has 0 N–H and O–H groups in total. The minimum Gasteiger partial charge on any atom is -0.311 e. The maximum absolute atomic E-state index is 10.4. The molecule has 0 aromatic heterocycles. The Kier molecular flexibility index (Phi) is 9.79. The van der Waals surface area contributed by atoms with Gasteiger partial charge >= 0.3 is 0 Å². The Balaban J connectivity index is 1.02. The quantitative estimate of drug-likeness (QED) is 0.124. The van der Waals surface area contributed by atoms with Crippen LogP contribution in [0.15, 0.2) is 206 Å². The summed E-state index contributed by atoms with van der Waals surface area (Å²) < 4.78 is 0. The van der Waals surface area contributed by atoms with Crippen molar-refractivity contribution in [3.8, 4) is 35.8 Å². The molecule has 0 saturated carbocycles. The molecule has 0 amide bonds. The van der Waals surface area contributed by atoms with E-state index in [2.05, 4.69) is 118 Å². The number of nitrogens with zero attached hydrogens (tertiary/aromatic N) is 4. The Hall–Kier alpha value is -9.06. The first-order valence-electron chi connectivity index (χ1n) is 20.3. The fourth-order valence-corrected chi connectivity index (χ4v) is 8.25. The first kappa shape index (κ1) is 37.2. The molecule has 4 heteroatoms. The highest BCUT2D eigenvalue weighted by atomic mass is 15.1. The first-order chi connectivity index (χ1) is 30.7. The van der Waals surface area contributed by atoms with Crippen LogP contribution in [0.2, 0.25) is 0 Å². The number of nitriles is 2. The highest BCUT2D eigenvalue weighted by molar-refractivity contribution is 6.26. The van der Waals surface area contributed by atoms with Gasteiger partial charge in [-0.15, -0.1) is 0 Å². The van der Waals surface area contributed by atoms with Crippen LogP contribution in [0, 0.1) is 46.3 Å². The molecule has 0 fully saturated rings. The lowest BCUT2D eigenvalue weighted by molar-refractivity contribution is 1.28. The summed E-state index contributed by atoms with van der Waals surface area (Å²) in [5.74, 6) is 13.6. The molecule has 10 aromatic carbocycles. The zero-order valence-corrected chi connectivity index (χ0v) is 33.4. The molecule has 10 rings (SSSR count). The molecule has 0 aliphatic rings. The number of hydrogen-bond donors (Lipinski definition) is 0. The van der Waals surface area contributed by atoms with Gasteiger partial charge in [-0.3, -0.25) is 0 Å². The Morgan fingerprint density at radius 1 is 0.274 bits per heavy atom. The van der Waals surface area contributed by atoms with Crippen molar-refractivity contribution in [3.05, 3.63) is 240 Å². The van der Waals surface area contributed by atoms with E-state index < -0.39 is 0 Å². The van der Waals surface area contributed by atoms with E-state index in [-0.39, 0.29) is 0 Å². The van der Waals surface area contributed by atoms with Crippen LogP contribution >= 0.6 is 0 Å². The largest absolute Gasteiger partial charge is 0.311 e. The lowest BCUT2D eigenvalue weighted by Gasteiger charge is -2.25. The van der Waals surface area contributed by atoms with Gasteiger partial charge in [0.25, 0.3) is 0 Å². The number of hydrogen-bond acceptors (Lipinski definition) is 4. The van der Waals surface area contributed by atoms with E-state index in [9.17, 15) is 10.5 Å². The van der Waals surface area contributed by atoms with Gasteiger partial charge in [-0.25, -0.2) is 0 Å². The third-order valence-corrected chi connectivity index (χ3v) is 11.1. The molecule has 0 bridgehead atoms. The van der Waals surface area contributed by atoms with E-state index in [1.54, 1.807) is 0 Å². The summed E-state index contributed by atoms with van der Waals surface area (Å²) in [6.45, 7) is 0. The van der Waals surface area contributed by atoms with Crippen molar-refractivity contribution < 1.29 is 0 Å². The maximum Gasteiger partial charge on any atom is 0.0998 e. The lowest BCUT2D eigenvalue weighted by atomic mass is 9.86. The molecular formula is C58H34N4. The number of benzene rings is 10. The van der Waals surface area contributed by atoms with Gasteiger partial charge in [0, 0.05) is 67.2 Å². The molecular weight excluding hydrogens is 753 g/mol. The number of anilines is 6. The smallest absolute Gasteiger partial charge is 0.0998 e. The second kappa shape index (κ2) is 16.3. The van der Waals surface area contributed by atoms with Crippen molar-refractivity contribution in [2.45, 2.75) is 0 Å². The molecule has 286 valence electrons. The van der Waals surface area contributed by atoms with Crippen LogP contribution in [-0.4, -0.2) is 0 Å². The molecule has 0 heterocycles. The summed E-state index contributed by atoms with van der Waals surface area (Å²) in [6.07, 6.45) is 0. The monoisotopic (exact) mass is 786 g/mol. The van der Waals surface area contributed by atoms with Gasteiger partial charge in [0.1, 0.15) is 0 Å². The van der Waals surface area contributed by atoms with Crippen molar-refractivity contribution in [2.75, 3.05) is 9.80 Å². The Morgan fingerprint density at radius 2 is 0.548 bits per heavy atom. The zero-order chi connectivity index (χ0) is 41.8. The van der Waals surface area contributed by atoms with Gasteiger partial charge in [0.05, 0.1) is 23.3 Å². The average molecular weight is 787 g/mol. The van der Waals surface area contributed by atoms with Crippen LogP contribution < -0.4 is 9.80 Å². The lowest BCUT2D eigenvalue weighted by Crippen LogP contribution is -2.09. The van der Waals surface area contributed by atoms with E-state index in [1.165, 1.54) is 0 Å². The summed E-state index contributed by atoms with van der Waals surface area (Å²) in [5.41, 5.74) is 10.5. The minimum absolute atomic E-state index is 0.531. The predicted molar refractivity (Wildman–Crippen MR) is 254 cm³/mol. The molecule has 0 radical (unpaired) electrons. The maximum atomic E-state index is 10.4. The molecule has 62 heavy (non-hydrogen) atoms. The highest BCUT2D eigenvalue weighted by Gasteiger charge is 2.18. The fourth-order valence-electron chi connectivity index (χ4n) is 8.25. The zero-order valence-electron chi connectivity index (χ0n) is 33.4. The van der Waals surface area contributed by atoms with Crippen LogP contribution in [0.1, 0.15) is 33.4 Å². The van der Waals surface area contributed by atoms with Crippen LogP contribution in [0.5, 0.6) is 0 Å². The second-order valence-electron chi connectivity index (χ2n) is 14.8. The third-order valence-electron chi connectivity index (χ3n) is 11.1. The summed E-state index contributed by atoms with van der Waals surface area (Å²) in [6, 6.07) is 74.3.